The molecule has 8 heteroatoms. The summed E-state index contributed by atoms with van der Waals surface area (Å²) < 4.78 is 0. The van der Waals surface area contributed by atoms with Crippen molar-refractivity contribution < 1.29 is 15.0 Å². The molecule has 4 aromatic carbocycles. The third-order valence-corrected chi connectivity index (χ3v) is 8.71. The largest absolute Gasteiger partial charge is 0.388 e. The standard InChI is InChI=1S/C34H35N5O3.C4H10.C3H8/c35-33-27-18-26(16-17-28(27)36-37-33)22-39-30(20-24-12-6-2-7-13-24)32(41)31(40)29(19-23-10-4-1-5-11-23)38(34(39)42)21-25-14-8-3-9-15-25;1-3-4-2;1-3-2/h1-18,29-32,40-41H,19-22H2,(H3,35,36,37);3-4H2,1-2H3;3H2,1-2H3/t29-,30-,31+,32+;;/m1../s1. The van der Waals surface area contributed by atoms with E-state index in [2.05, 4.69) is 37.9 Å². The van der Waals surface area contributed by atoms with Crippen LogP contribution in [0.3, 0.4) is 0 Å². The first-order valence-electron chi connectivity index (χ1n) is 17.6. The number of H-pyrrole nitrogens is 1. The van der Waals surface area contributed by atoms with Gasteiger partial charge in [-0.1, -0.05) is 144 Å². The molecule has 1 aliphatic heterocycles. The first kappa shape index (κ1) is 37.2. The molecule has 2 heterocycles. The number of nitrogens with zero attached hydrogens (tertiary/aromatic N) is 3. The van der Waals surface area contributed by atoms with E-state index < -0.39 is 24.3 Å². The highest BCUT2D eigenvalue weighted by molar-refractivity contribution is 5.89. The number of nitrogen functional groups attached to an aromatic ring is 1. The molecule has 6 rings (SSSR count). The maximum absolute atomic E-state index is 14.7. The van der Waals surface area contributed by atoms with Gasteiger partial charge >= 0.3 is 6.03 Å². The molecule has 5 N–H and O–H groups in total. The van der Waals surface area contributed by atoms with Crippen molar-refractivity contribution in [3.05, 3.63) is 131 Å². The third-order valence-electron chi connectivity index (χ3n) is 8.71. The van der Waals surface area contributed by atoms with Gasteiger partial charge in [-0.05, 0) is 47.2 Å². The fraction of sp³-hybridized carbons (Fsp3) is 0.366. The zero-order chi connectivity index (χ0) is 35.2. The molecule has 0 bridgehead atoms. The number of aromatic amines is 1. The molecule has 1 fully saturated rings. The molecule has 1 saturated heterocycles. The first-order valence-corrected chi connectivity index (χ1v) is 17.6. The number of benzene rings is 4. The van der Waals surface area contributed by atoms with Crippen LogP contribution in [0.1, 0.15) is 69.2 Å². The lowest BCUT2D eigenvalue weighted by molar-refractivity contribution is -0.0408. The summed E-state index contributed by atoms with van der Waals surface area (Å²) in [6, 6.07) is 33.5. The fourth-order valence-corrected chi connectivity index (χ4v) is 5.97. The van der Waals surface area contributed by atoms with Gasteiger partial charge < -0.3 is 25.7 Å². The molecule has 0 aliphatic carbocycles. The van der Waals surface area contributed by atoms with Crippen LogP contribution in [0.25, 0.3) is 10.9 Å². The molecule has 2 amide bonds. The smallest absolute Gasteiger partial charge is 0.321 e. The molecule has 0 unspecified atom stereocenters. The van der Waals surface area contributed by atoms with Crippen LogP contribution in [0.4, 0.5) is 10.6 Å². The number of carbonyl (C=O) groups is 1. The van der Waals surface area contributed by atoms with Gasteiger partial charge in [0.1, 0.15) is 12.2 Å². The number of nitrogens with one attached hydrogen (secondary N) is 1. The lowest BCUT2D eigenvalue weighted by atomic mass is 9.91. The van der Waals surface area contributed by atoms with Gasteiger partial charge in [-0.3, -0.25) is 5.10 Å². The van der Waals surface area contributed by atoms with Crippen molar-refractivity contribution in [2.75, 3.05) is 5.73 Å². The fourth-order valence-electron chi connectivity index (χ4n) is 5.97. The summed E-state index contributed by atoms with van der Waals surface area (Å²) >= 11 is 0. The van der Waals surface area contributed by atoms with Crippen LogP contribution in [-0.4, -0.2) is 60.5 Å². The van der Waals surface area contributed by atoms with E-state index in [-0.39, 0.29) is 12.6 Å². The number of aliphatic hydroxyl groups excluding tert-OH is 2. The molecule has 5 aromatic rings. The summed E-state index contributed by atoms with van der Waals surface area (Å²) in [4.78, 5) is 18.2. The number of urea groups is 1. The van der Waals surface area contributed by atoms with Crippen molar-refractivity contribution in [2.24, 2.45) is 0 Å². The lowest BCUT2D eigenvalue weighted by Gasteiger charge is -2.36. The number of carbonyl (C=O) groups excluding carboxylic acids is 1. The van der Waals surface area contributed by atoms with Crippen molar-refractivity contribution in [1.29, 1.82) is 0 Å². The molecule has 49 heavy (non-hydrogen) atoms. The minimum Gasteiger partial charge on any atom is -0.388 e. The number of anilines is 1. The Morgan fingerprint density at radius 3 is 1.53 bits per heavy atom. The highest BCUT2D eigenvalue weighted by Gasteiger charge is 2.46. The maximum atomic E-state index is 14.7. The minimum absolute atomic E-state index is 0.226. The van der Waals surface area contributed by atoms with E-state index in [1.807, 2.05) is 109 Å². The zero-order valence-electron chi connectivity index (χ0n) is 29.4. The minimum atomic E-state index is -1.19. The number of hydrogen-bond donors (Lipinski definition) is 4. The second-order valence-corrected chi connectivity index (χ2v) is 12.7. The van der Waals surface area contributed by atoms with E-state index in [9.17, 15) is 15.0 Å². The molecule has 8 nitrogen and oxygen atoms in total. The second kappa shape index (κ2) is 18.8. The lowest BCUT2D eigenvalue weighted by Crippen LogP contribution is -2.50. The van der Waals surface area contributed by atoms with Crippen molar-refractivity contribution in [2.45, 2.75) is 97.2 Å². The van der Waals surface area contributed by atoms with Crippen molar-refractivity contribution in [3.8, 4) is 0 Å². The number of rotatable bonds is 9. The van der Waals surface area contributed by atoms with Crippen LogP contribution in [0.15, 0.2) is 109 Å². The van der Waals surface area contributed by atoms with Gasteiger partial charge in [0.2, 0.25) is 0 Å². The van der Waals surface area contributed by atoms with Gasteiger partial charge in [-0.25, -0.2) is 4.79 Å². The highest BCUT2D eigenvalue weighted by atomic mass is 16.3. The van der Waals surface area contributed by atoms with E-state index in [1.165, 1.54) is 19.3 Å². The number of fused-ring (bicyclic) bond motifs is 1. The van der Waals surface area contributed by atoms with Gasteiger partial charge in [0.05, 0.1) is 17.6 Å². The average molecular weight is 664 g/mol. The molecule has 0 spiro atoms. The van der Waals surface area contributed by atoms with Crippen LogP contribution in [0.5, 0.6) is 0 Å². The number of amides is 2. The number of nitrogens with two attached hydrogens (primary N) is 1. The Balaban J connectivity index is 0.000000710. The Morgan fingerprint density at radius 2 is 1.08 bits per heavy atom. The SMILES string of the molecule is CCC.CCCC.Nc1n[nH]c2ccc(CN3C(=O)N(Cc4ccccc4)[C@H](Cc4ccccc4)[C@H](O)[C@@H](O)[C@H]3Cc3ccccc3)cc12. The summed E-state index contributed by atoms with van der Waals surface area (Å²) in [7, 11) is 0. The van der Waals surface area contributed by atoms with Gasteiger partial charge in [0, 0.05) is 18.5 Å². The third kappa shape index (κ3) is 9.94. The Bertz CT molecular complexity index is 1680. The van der Waals surface area contributed by atoms with Crippen LogP contribution >= 0.6 is 0 Å². The summed E-state index contributed by atoms with van der Waals surface area (Å²) in [6.45, 7) is 9.13. The second-order valence-electron chi connectivity index (χ2n) is 12.7. The molecule has 1 aliphatic rings. The Labute approximate surface area is 291 Å². The predicted octanol–water partition coefficient (Wildman–Crippen LogP) is 7.75. The van der Waals surface area contributed by atoms with Gasteiger partial charge in [0.25, 0.3) is 0 Å². The van der Waals surface area contributed by atoms with E-state index in [0.717, 1.165) is 33.2 Å². The van der Waals surface area contributed by atoms with E-state index in [1.54, 1.807) is 9.80 Å². The number of aliphatic hydroxyl groups is 2. The Morgan fingerprint density at radius 1 is 0.653 bits per heavy atom. The molecule has 260 valence electrons. The normalized spacial score (nSPS) is 19.0. The summed E-state index contributed by atoms with van der Waals surface area (Å²) in [6.07, 6.45) is 2.31. The Kier molecular flexibility index (Phi) is 14.2. The van der Waals surface area contributed by atoms with E-state index in [4.69, 9.17) is 5.73 Å². The van der Waals surface area contributed by atoms with Crippen LogP contribution in [-0.2, 0) is 25.9 Å². The number of hydrogen-bond acceptors (Lipinski definition) is 5. The Hall–Kier alpha value is -4.66. The summed E-state index contributed by atoms with van der Waals surface area (Å²) in [5.74, 6) is 0.388. The molecular weight excluding hydrogens is 610 g/mol. The van der Waals surface area contributed by atoms with Crippen LogP contribution < -0.4 is 5.73 Å². The van der Waals surface area contributed by atoms with Crippen LogP contribution in [0, 0.1) is 0 Å². The van der Waals surface area contributed by atoms with Crippen molar-refractivity contribution in [1.82, 2.24) is 20.0 Å². The molecule has 0 saturated carbocycles. The quantitative estimate of drug-likeness (QED) is 0.129. The number of unbranched alkanes of at least 4 members (excludes halogenated alkanes) is 1. The molecular formula is C41H53N5O3. The van der Waals surface area contributed by atoms with Crippen molar-refractivity contribution in [3.63, 3.8) is 0 Å². The van der Waals surface area contributed by atoms with E-state index >= 15 is 0 Å². The summed E-state index contributed by atoms with van der Waals surface area (Å²) in [5.41, 5.74) is 10.6. The predicted molar refractivity (Wildman–Crippen MR) is 200 cm³/mol. The van der Waals surface area contributed by atoms with E-state index in [0.29, 0.717) is 25.2 Å². The zero-order valence-corrected chi connectivity index (χ0v) is 29.4. The maximum Gasteiger partial charge on any atom is 0.321 e. The highest BCUT2D eigenvalue weighted by Crippen LogP contribution is 2.30. The topological polar surface area (TPSA) is 119 Å². The molecule has 0 radical (unpaired) electrons. The molecule has 1 aromatic heterocycles. The molecule has 4 atom stereocenters. The number of aromatic nitrogens is 2. The van der Waals surface area contributed by atoms with Gasteiger partial charge in [-0.15, -0.1) is 0 Å². The van der Waals surface area contributed by atoms with Gasteiger partial charge in [0.15, 0.2) is 5.82 Å². The average Bonchev–Trinajstić information content (AvgIpc) is 3.49. The first-order chi connectivity index (χ1) is 23.8. The monoisotopic (exact) mass is 663 g/mol. The van der Waals surface area contributed by atoms with Gasteiger partial charge in [-0.2, -0.15) is 5.10 Å². The van der Waals surface area contributed by atoms with Crippen LogP contribution in [0.2, 0.25) is 0 Å². The summed E-state index contributed by atoms with van der Waals surface area (Å²) in [5, 5.41) is 31.5. The van der Waals surface area contributed by atoms with Crippen molar-refractivity contribution >= 4 is 22.8 Å².